The number of rotatable bonds is 13. The van der Waals surface area contributed by atoms with Crippen molar-refractivity contribution in [3.05, 3.63) is 42.5 Å². The zero-order valence-corrected chi connectivity index (χ0v) is 17.7. The molecule has 0 saturated carbocycles. The minimum atomic E-state index is -0.558. The van der Waals surface area contributed by atoms with Gasteiger partial charge in [0.05, 0.1) is 6.10 Å². The summed E-state index contributed by atoms with van der Waals surface area (Å²) in [5.41, 5.74) is 5.34. The average molecular weight is 413 g/mol. The molecule has 3 N–H and O–H groups in total. The van der Waals surface area contributed by atoms with Crippen molar-refractivity contribution >= 4 is 16.7 Å². The number of benzene rings is 2. The van der Waals surface area contributed by atoms with E-state index in [1.165, 1.54) is 0 Å². The minimum Gasteiger partial charge on any atom is -0.490 e. The predicted octanol–water partition coefficient (Wildman–Crippen LogP) is 3.50. The van der Waals surface area contributed by atoms with Gasteiger partial charge in [0.25, 0.3) is 0 Å². The van der Waals surface area contributed by atoms with E-state index in [-0.39, 0.29) is 18.2 Å². The first kappa shape index (κ1) is 22.2. The molecule has 0 aromatic heterocycles. The molecule has 0 bridgehead atoms. The van der Waals surface area contributed by atoms with Crippen molar-refractivity contribution in [3.8, 4) is 5.75 Å². The van der Waals surface area contributed by atoms with E-state index in [1.54, 1.807) is 4.90 Å². The fourth-order valence-electron chi connectivity index (χ4n) is 3.45. The summed E-state index contributed by atoms with van der Waals surface area (Å²) in [5, 5.41) is 20.4. The van der Waals surface area contributed by atoms with E-state index in [2.05, 4.69) is 10.2 Å². The fraction of sp³-hybridized carbons (Fsp3) is 0.522. The molecule has 0 aliphatic carbocycles. The van der Waals surface area contributed by atoms with Gasteiger partial charge in [-0.1, -0.05) is 42.8 Å². The number of carbonyl (C=O) groups is 1. The van der Waals surface area contributed by atoms with E-state index in [9.17, 15) is 9.90 Å². The molecule has 2 aromatic rings. The van der Waals surface area contributed by atoms with Crippen LogP contribution < -0.4 is 10.5 Å². The Balaban J connectivity index is 1.35. The van der Waals surface area contributed by atoms with Crippen LogP contribution in [0.4, 0.5) is 0 Å². The molecule has 30 heavy (non-hydrogen) atoms. The summed E-state index contributed by atoms with van der Waals surface area (Å²) in [5.74, 6) is 0.883. The maximum atomic E-state index is 12.5. The summed E-state index contributed by atoms with van der Waals surface area (Å²) in [6, 6.07) is 13.9. The molecule has 0 saturated heterocycles. The molecule has 3 rings (SSSR count). The van der Waals surface area contributed by atoms with Crippen LogP contribution in [0, 0.1) is 0 Å². The van der Waals surface area contributed by atoms with Gasteiger partial charge in [-0.25, -0.2) is 0 Å². The Morgan fingerprint density at radius 1 is 1.17 bits per heavy atom. The first-order chi connectivity index (χ1) is 14.5. The van der Waals surface area contributed by atoms with Crippen LogP contribution in [0.25, 0.3) is 10.8 Å². The summed E-state index contributed by atoms with van der Waals surface area (Å²) in [6.07, 6.45) is 2.75. The molecule has 0 fully saturated rings. The van der Waals surface area contributed by atoms with Gasteiger partial charge in [-0.05, 0) is 31.2 Å². The summed E-state index contributed by atoms with van der Waals surface area (Å²) in [6.45, 7) is 3.82. The van der Waals surface area contributed by atoms with Gasteiger partial charge in [0.15, 0.2) is 5.66 Å². The molecule has 1 amide bonds. The summed E-state index contributed by atoms with van der Waals surface area (Å²) in [4.78, 5) is 14.3. The highest BCUT2D eigenvalue weighted by atomic mass is 16.5. The van der Waals surface area contributed by atoms with Gasteiger partial charge in [-0.2, -0.15) is 10.2 Å². The summed E-state index contributed by atoms with van der Waals surface area (Å²) < 4.78 is 5.84. The Hall–Kier alpha value is -2.51. The van der Waals surface area contributed by atoms with Crippen molar-refractivity contribution in [2.24, 2.45) is 16.0 Å². The summed E-state index contributed by atoms with van der Waals surface area (Å²) >= 11 is 0. The molecule has 1 aliphatic heterocycles. The van der Waals surface area contributed by atoms with Crippen LogP contribution in [-0.2, 0) is 4.79 Å². The normalized spacial score (nSPS) is 15.2. The van der Waals surface area contributed by atoms with Crippen LogP contribution in [0.2, 0.25) is 0 Å². The van der Waals surface area contributed by atoms with Crippen LogP contribution in [0.5, 0.6) is 5.75 Å². The largest absolute Gasteiger partial charge is 0.490 e. The lowest BCUT2D eigenvalue weighted by Crippen LogP contribution is -2.37. The number of carbonyl (C=O) groups excluding carboxylic acids is 1. The lowest BCUT2D eigenvalue weighted by atomic mass is 10.1. The van der Waals surface area contributed by atoms with Gasteiger partial charge in [-0.3, -0.25) is 4.79 Å². The molecule has 2 aromatic carbocycles. The van der Waals surface area contributed by atoms with E-state index in [1.807, 2.05) is 49.4 Å². The first-order valence-electron chi connectivity index (χ1n) is 10.7. The zero-order valence-electron chi connectivity index (χ0n) is 17.7. The quantitative estimate of drug-likeness (QED) is 0.492. The Morgan fingerprint density at radius 3 is 2.70 bits per heavy atom. The van der Waals surface area contributed by atoms with E-state index in [0.29, 0.717) is 32.5 Å². The van der Waals surface area contributed by atoms with E-state index >= 15 is 0 Å². The van der Waals surface area contributed by atoms with Gasteiger partial charge >= 0.3 is 0 Å². The predicted molar refractivity (Wildman–Crippen MR) is 117 cm³/mol. The highest BCUT2D eigenvalue weighted by molar-refractivity contribution is 5.88. The molecule has 1 atom stereocenters. The lowest BCUT2D eigenvalue weighted by molar-refractivity contribution is -0.131. The minimum absolute atomic E-state index is 0.103. The SMILES string of the molecule is CC1(CCN(CCN)C(=O)CCCC[C@H](O)COc2cccc3ccccc23)N=N1. The third-order valence-electron chi connectivity index (χ3n) is 5.41. The second-order valence-electron chi connectivity index (χ2n) is 8.02. The number of hydrogen-bond acceptors (Lipinski definition) is 6. The molecular weight excluding hydrogens is 380 g/mol. The Morgan fingerprint density at radius 2 is 1.93 bits per heavy atom. The van der Waals surface area contributed by atoms with E-state index in [0.717, 1.165) is 35.8 Å². The first-order valence-corrected chi connectivity index (χ1v) is 10.7. The molecule has 0 spiro atoms. The Kier molecular flexibility index (Phi) is 7.76. The van der Waals surface area contributed by atoms with Gasteiger partial charge < -0.3 is 20.5 Å². The zero-order chi connectivity index (χ0) is 21.4. The van der Waals surface area contributed by atoms with E-state index < -0.39 is 6.10 Å². The third kappa shape index (κ3) is 6.50. The number of nitrogens with two attached hydrogens (primary N) is 1. The number of amides is 1. The second kappa shape index (κ2) is 10.5. The van der Waals surface area contributed by atoms with Gasteiger partial charge in [0.1, 0.15) is 12.4 Å². The maximum Gasteiger partial charge on any atom is 0.222 e. The van der Waals surface area contributed by atoms with Crippen LogP contribution in [0.15, 0.2) is 52.7 Å². The van der Waals surface area contributed by atoms with Crippen molar-refractivity contribution in [1.82, 2.24) is 4.90 Å². The topological polar surface area (TPSA) is 101 Å². The smallest absolute Gasteiger partial charge is 0.222 e. The number of hydrogen-bond donors (Lipinski definition) is 2. The third-order valence-corrected chi connectivity index (χ3v) is 5.41. The number of aliphatic hydroxyl groups is 1. The van der Waals surface area contributed by atoms with Crippen LogP contribution in [0.1, 0.15) is 39.0 Å². The maximum absolute atomic E-state index is 12.5. The molecule has 162 valence electrons. The summed E-state index contributed by atoms with van der Waals surface area (Å²) in [7, 11) is 0. The van der Waals surface area contributed by atoms with Crippen molar-refractivity contribution in [2.75, 3.05) is 26.2 Å². The fourth-order valence-corrected chi connectivity index (χ4v) is 3.45. The highest BCUT2D eigenvalue weighted by Gasteiger charge is 2.34. The Labute approximate surface area is 177 Å². The van der Waals surface area contributed by atoms with Crippen LogP contribution >= 0.6 is 0 Å². The van der Waals surface area contributed by atoms with Gasteiger partial charge in [-0.15, -0.1) is 0 Å². The number of aliphatic hydroxyl groups excluding tert-OH is 1. The van der Waals surface area contributed by atoms with Crippen molar-refractivity contribution < 1.29 is 14.6 Å². The van der Waals surface area contributed by atoms with Crippen molar-refractivity contribution in [1.29, 1.82) is 0 Å². The second-order valence-corrected chi connectivity index (χ2v) is 8.02. The molecule has 0 radical (unpaired) electrons. The molecule has 1 heterocycles. The average Bonchev–Trinajstić information content (AvgIpc) is 3.49. The number of ether oxygens (including phenoxy) is 1. The lowest BCUT2D eigenvalue weighted by Gasteiger charge is -2.22. The van der Waals surface area contributed by atoms with Crippen LogP contribution in [0.3, 0.4) is 0 Å². The van der Waals surface area contributed by atoms with E-state index in [4.69, 9.17) is 10.5 Å². The van der Waals surface area contributed by atoms with Crippen molar-refractivity contribution in [2.45, 2.75) is 50.8 Å². The van der Waals surface area contributed by atoms with Crippen molar-refractivity contribution in [3.63, 3.8) is 0 Å². The number of fused-ring (bicyclic) bond motifs is 1. The standard InChI is InChI=1S/C23H32N4O3/c1-23(25-26-23)13-15-27(16-14-24)22(29)12-5-3-9-19(28)17-30-21-11-6-8-18-7-2-4-10-20(18)21/h2,4,6-8,10-11,19,28H,3,5,9,12-17,24H2,1H3/t19-/m0/s1. The van der Waals surface area contributed by atoms with Gasteiger partial charge in [0, 0.05) is 37.9 Å². The van der Waals surface area contributed by atoms with Crippen LogP contribution in [-0.4, -0.2) is 53.9 Å². The molecule has 7 heteroatoms. The monoisotopic (exact) mass is 412 g/mol. The molecule has 0 unspecified atom stereocenters. The number of unbranched alkanes of at least 4 members (excludes halogenated alkanes) is 1. The molecule has 7 nitrogen and oxygen atoms in total. The molecular formula is C23H32N4O3. The Bertz CT molecular complexity index is 859. The number of nitrogens with zero attached hydrogens (tertiary/aromatic N) is 3. The van der Waals surface area contributed by atoms with Gasteiger partial charge in [0.2, 0.25) is 5.91 Å². The highest BCUT2D eigenvalue weighted by Crippen LogP contribution is 2.31. The molecule has 1 aliphatic rings.